The molecule has 0 bridgehead atoms. The molecule has 0 aromatic heterocycles. The Bertz CT molecular complexity index is 237. The maximum Gasteiger partial charge on any atom is -0.00943 e. The van der Waals surface area contributed by atoms with E-state index in [1.807, 2.05) is 12.2 Å². The van der Waals surface area contributed by atoms with E-state index in [-0.39, 0.29) is 0 Å². The van der Waals surface area contributed by atoms with Gasteiger partial charge in [-0.1, -0.05) is 55.2 Å². The van der Waals surface area contributed by atoms with Gasteiger partial charge in [0.25, 0.3) is 0 Å². The molecule has 1 aliphatic carbocycles. The van der Waals surface area contributed by atoms with E-state index < -0.39 is 0 Å². The van der Waals surface area contributed by atoms with Crippen molar-refractivity contribution in [1.29, 1.82) is 0 Å². The van der Waals surface area contributed by atoms with Crippen LogP contribution >= 0.6 is 0 Å². The lowest BCUT2D eigenvalue weighted by molar-refractivity contribution is 1.26. The first-order chi connectivity index (χ1) is 5.43. The Hall–Kier alpha value is -1.30. The molecule has 0 N–H and O–H groups in total. The van der Waals surface area contributed by atoms with Gasteiger partial charge >= 0.3 is 0 Å². The number of allylic oxidation sites excluding steroid dienone is 9. The average molecular weight is 144 g/mol. The molecular formula is C11H12. The Morgan fingerprint density at radius 3 is 2.82 bits per heavy atom. The van der Waals surface area contributed by atoms with Crippen molar-refractivity contribution in [3.8, 4) is 0 Å². The summed E-state index contributed by atoms with van der Waals surface area (Å²) in [7, 11) is 0. The summed E-state index contributed by atoms with van der Waals surface area (Å²) in [6.07, 6.45) is 17.2. The van der Waals surface area contributed by atoms with Crippen LogP contribution in [0.15, 0.2) is 60.8 Å². The van der Waals surface area contributed by atoms with Crippen molar-refractivity contribution in [2.75, 3.05) is 0 Å². The summed E-state index contributed by atoms with van der Waals surface area (Å²) in [6.45, 7) is 3.60. The van der Waals surface area contributed by atoms with Crippen LogP contribution in [-0.4, -0.2) is 0 Å². The van der Waals surface area contributed by atoms with Crippen molar-refractivity contribution in [1.82, 2.24) is 0 Å². The zero-order chi connectivity index (χ0) is 7.94. The van der Waals surface area contributed by atoms with Gasteiger partial charge in [-0.25, -0.2) is 0 Å². The van der Waals surface area contributed by atoms with Crippen molar-refractivity contribution in [3.63, 3.8) is 0 Å². The second-order valence-corrected chi connectivity index (χ2v) is 2.35. The second kappa shape index (κ2) is 4.51. The van der Waals surface area contributed by atoms with Crippen LogP contribution < -0.4 is 0 Å². The molecule has 0 amide bonds. The summed E-state index contributed by atoms with van der Waals surface area (Å²) in [5.41, 5.74) is 1.34. The molecule has 0 saturated carbocycles. The Labute approximate surface area is 67.9 Å². The van der Waals surface area contributed by atoms with Gasteiger partial charge in [0, 0.05) is 0 Å². The molecule has 0 aromatic rings. The molecule has 0 unspecified atom stereocenters. The molecule has 0 fully saturated rings. The van der Waals surface area contributed by atoms with E-state index in [2.05, 4.69) is 37.0 Å². The molecule has 0 saturated heterocycles. The van der Waals surface area contributed by atoms with Crippen LogP contribution in [0.25, 0.3) is 0 Å². The average Bonchev–Trinajstić information content (AvgIpc) is 2.07. The predicted molar refractivity (Wildman–Crippen MR) is 50.3 cm³/mol. The molecule has 1 aliphatic rings. The fourth-order valence-corrected chi connectivity index (χ4v) is 0.911. The quantitative estimate of drug-likeness (QED) is 0.522. The Balaban J connectivity index is 2.53. The van der Waals surface area contributed by atoms with Gasteiger partial charge in [-0.15, -0.1) is 0 Å². The van der Waals surface area contributed by atoms with Crippen LogP contribution in [-0.2, 0) is 0 Å². The lowest BCUT2D eigenvalue weighted by Gasteiger charge is -1.98. The minimum absolute atomic E-state index is 1.04. The highest BCUT2D eigenvalue weighted by molar-refractivity contribution is 5.32. The number of hydrogen-bond donors (Lipinski definition) is 0. The van der Waals surface area contributed by atoms with Gasteiger partial charge in [0.05, 0.1) is 0 Å². The third-order valence-corrected chi connectivity index (χ3v) is 1.47. The largest absolute Gasteiger partial charge is 0.0991 e. The summed E-state index contributed by atoms with van der Waals surface area (Å²) >= 11 is 0. The van der Waals surface area contributed by atoms with Gasteiger partial charge in [0.2, 0.25) is 0 Å². The lowest BCUT2D eigenvalue weighted by Crippen LogP contribution is -1.78. The number of hydrogen-bond acceptors (Lipinski definition) is 0. The standard InChI is InChI=1S/C11H12/c1-2-3-5-8-11-9-6-4-7-10-11/h2-9H,1,10H2/b5-3-,11-8+. The van der Waals surface area contributed by atoms with Crippen LogP contribution in [0, 0.1) is 0 Å². The summed E-state index contributed by atoms with van der Waals surface area (Å²) in [6, 6.07) is 0. The normalized spacial score (nSPS) is 19.8. The summed E-state index contributed by atoms with van der Waals surface area (Å²) in [5.74, 6) is 0. The first-order valence-electron chi connectivity index (χ1n) is 3.75. The predicted octanol–water partition coefficient (Wildman–Crippen LogP) is 3.17. The molecule has 1 rings (SSSR count). The van der Waals surface area contributed by atoms with Crippen molar-refractivity contribution in [2.24, 2.45) is 0 Å². The lowest BCUT2D eigenvalue weighted by atomic mass is 10.1. The molecule has 0 heteroatoms. The first-order valence-corrected chi connectivity index (χ1v) is 3.75. The molecule has 0 heterocycles. The smallest absolute Gasteiger partial charge is 0.00943 e. The maximum atomic E-state index is 3.60. The highest BCUT2D eigenvalue weighted by Gasteiger charge is 1.89. The summed E-state index contributed by atoms with van der Waals surface area (Å²) in [4.78, 5) is 0. The first kappa shape index (κ1) is 7.80. The Kier molecular flexibility index (Phi) is 3.20. The monoisotopic (exact) mass is 144 g/mol. The minimum Gasteiger partial charge on any atom is -0.0991 e. The van der Waals surface area contributed by atoms with Gasteiger partial charge in [0.1, 0.15) is 0 Å². The summed E-state index contributed by atoms with van der Waals surface area (Å²) in [5, 5.41) is 0. The molecule has 0 aromatic carbocycles. The van der Waals surface area contributed by atoms with Gasteiger partial charge < -0.3 is 0 Å². The van der Waals surface area contributed by atoms with Crippen molar-refractivity contribution >= 4 is 0 Å². The van der Waals surface area contributed by atoms with Crippen LogP contribution in [0.4, 0.5) is 0 Å². The van der Waals surface area contributed by atoms with Crippen molar-refractivity contribution in [2.45, 2.75) is 6.42 Å². The minimum atomic E-state index is 1.04. The zero-order valence-electron chi connectivity index (χ0n) is 6.53. The van der Waals surface area contributed by atoms with E-state index in [4.69, 9.17) is 0 Å². The molecule has 0 spiro atoms. The SMILES string of the molecule is C=C/C=C\C=C1/C=CC=CC1. The molecule has 0 radical (unpaired) electrons. The van der Waals surface area contributed by atoms with E-state index in [0.29, 0.717) is 0 Å². The fourth-order valence-electron chi connectivity index (χ4n) is 0.911. The van der Waals surface area contributed by atoms with Crippen LogP contribution in [0.2, 0.25) is 0 Å². The van der Waals surface area contributed by atoms with Crippen LogP contribution in [0.5, 0.6) is 0 Å². The highest BCUT2D eigenvalue weighted by atomic mass is 13.9. The van der Waals surface area contributed by atoms with Crippen molar-refractivity contribution in [3.05, 3.63) is 60.8 Å². The molecule has 0 aliphatic heterocycles. The van der Waals surface area contributed by atoms with Crippen molar-refractivity contribution < 1.29 is 0 Å². The molecule has 11 heavy (non-hydrogen) atoms. The second-order valence-electron chi connectivity index (χ2n) is 2.35. The van der Waals surface area contributed by atoms with E-state index in [0.717, 1.165) is 6.42 Å². The molecular weight excluding hydrogens is 132 g/mol. The number of rotatable bonds is 2. The molecule has 0 atom stereocenters. The third kappa shape index (κ3) is 2.85. The van der Waals surface area contributed by atoms with Gasteiger partial charge in [-0.05, 0) is 12.0 Å². The van der Waals surface area contributed by atoms with Gasteiger partial charge in [-0.2, -0.15) is 0 Å². The van der Waals surface area contributed by atoms with Gasteiger partial charge in [-0.3, -0.25) is 0 Å². The van der Waals surface area contributed by atoms with E-state index in [1.54, 1.807) is 6.08 Å². The fraction of sp³-hybridized carbons (Fsp3) is 0.0909. The van der Waals surface area contributed by atoms with E-state index in [1.165, 1.54) is 5.57 Å². The topological polar surface area (TPSA) is 0 Å². The van der Waals surface area contributed by atoms with Crippen LogP contribution in [0.3, 0.4) is 0 Å². The summed E-state index contributed by atoms with van der Waals surface area (Å²) < 4.78 is 0. The van der Waals surface area contributed by atoms with E-state index in [9.17, 15) is 0 Å². The zero-order valence-corrected chi connectivity index (χ0v) is 6.53. The Morgan fingerprint density at radius 1 is 1.27 bits per heavy atom. The van der Waals surface area contributed by atoms with Gasteiger partial charge in [0.15, 0.2) is 0 Å². The molecule has 56 valence electrons. The van der Waals surface area contributed by atoms with Crippen LogP contribution in [0.1, 0.15) is 6.42 Å². The highest BCUT2D eigenvalue weighted by Crippen LogP contribution is 2.09. The third-order valence-electron chi connectivity index (χ3n) is 1.47. The van der Waals surface area contributed by atoms with E-state index >= 15 is 0 Å². The maximum absolute atomic E-state index is 3.60. The Morgan fingerprint density at radius 2 is 2.18 bits per heavy atom. The molecule has 0 nitrogen and oxygen atoms in total.